The van der Waals surface area contributed by atoms with Crippen LogP contribution in [0.1, 0.15) is 24.8 Å². The molecule has 1 aromatic carbocycles. The van der Waals surface area contributed by atoms with Crippen molar-refractivity contribution < 1.29 is 18.3 Å². The van der Waals surface area contributed by atoms with E-state index in [1.54, 1.807) is 12.1 Å². The van der Waals surface area contributed by atoms with Gasteiger partial charge in [0.05, 0.1) is 13.7 Å². The quantitative estimate of drug-likeness (QED) is 0.838. The molecule has 5 nitrogen and oxygen atoms in total. The number of aliphatic hydroxyl groups is 1. The predicted molar refractivity (Wildman–Crippen MR) is 66.9 cm³/mol. The van der Waals surface area contributed by atoms with E-state index < -0.39 is 10.0 Å². The number of ether oxygens (including phenoxy) is 1. The van der Waals surface area contributed by atoms with E-state index in [2.05, 4.69) is 4.72 Å². The zero-order chi connectivity index (χ0) is 13.2. The van der Waals surface area contributed by atoms with Gasteiger partial charge in [-0.3, -0.25) is 0 Å². The van der Waals surface area contributed by atoms with Crippen LogP contribution >= 0.6 is 0 Å². The smallest absolute Gasteiger partial charge is 0.244 e. The third-order valence-corrected chi connectivity index (χ3v) is 4.67. The molecule has 2 rings (SSSR count). The zero-order valence-corrected chi connectivity index (χ0v) is 11.0. The fraction of sp³-hybridized carbons (Fsp3) is 0.500. The van der Waals surface area contributed by atoms with E-state index >= 15 is 0 Å². The van der Waals surface area contributed by atoms with Gasteiger partial charge in [0.2, 0.25) is 10.0 Å². The second-order valence-electron chi connectivity index (χ2n) is 4.39. The number of hydrogen-bond donors (Lipinski definition) is 2. The Balaban J connectivity index is 2.34. The van der Waals surface area contributed by atoms with Gasteiger partial charge in [0.25, 0.3) is 0 Å². The highest BCUT2D eigenvalue weighted by atomic mass is 32.2. The molecule has 1 aliphatic rings. The van der Waals surface area contributed by atoms with Crippen LogP contribution in [-0.2, 0) is 16.6 Å². The maximum atomic E-state index is 12.2. The van der Waals surface area contributed by atoms with Crippen molar-refractivity contribution >= 4 is 10.0 Å². The number of aliphatic hydroxyl groups excluding tert-OH is 1. The molecule has 1 aliphatic carbocycles. The molecule has 6 heteroatoms. The first-order valence-electron chi connectivity index (χ1n) is 5.87. The number of nitrogens with one attached hydrogen (secondary N) is 1. The van der Waals surface area contributed by atoms with Crippen LogP contribution in [0.2, 0.25) is 0 Å². The Hall–Kier alpha value is -1.11. The van der Waals surface area contributed by atoms with Crippen LogP contribution in [0.4, 0.5) is 0 Å². The van der Waals surface area contributed by atoms with Gasteiger partial charge in [0, 0.05) is 6.04 Å². The third kappa shape index (κ3) is 2.66. The summed E-state index contributed by atoms with van der Waals surface area (Å²) in [5.74, 6) is 0.291. The van der Waals surface area contributed by atoms with Gasteiger partial charge >= 0.3 is 0 Å². The van der Waals surface area contributed by atoms with Crippen molar-refractivity contribution in [3.63, 3.8) is 0 Å². The SMILES string of the molecule is COc1ccc(CO)cc1S(=O)(=O)NC1CCC1. The van der Waals surface area contributed by atoms with Crippen LogP contribution in [-0.4, -0.2) is 26.7 Å². The molecule has 2 N–H and O–H groups in total. The predicted octanol–water partition coefficient (Wildman–Crippen LogP) is 1.02. The minimum Gasteiger partial charge on any atom is -0.495 e. The van der Waals surface area contributed by atoms with Crippen LogP contribution < -0.4 is 9.46 Å². The highest BCUT2D eigenvalue weighted by molar-refractivity contribution is 7.89. The lowest BCUT2D eigenvalue weighted by Gasteiger charge is -2.26. The van der Waals surface area contributed by atoms with Gasteiger partial charge in [-0.1, -0.05) is 12.5 Å². The Kier molecular flexibility index (Phi) is 3.89. The third-order valence-electron chi connectivity index (χ3n) is 3.13. The van der Waals surface area contributed by atoms with E-state index in [9.17, 15) is 8.42 Å². The minimum atomic E-state index is -3.58. The highest BCUT2D eigenvalue weighted by Gasteiger charge is 2.27. The Morgan fingerprint density at radius 1 is 1.44 bits per heavy atom. The van der Waals surface area contributed by atoms with Gasteiger partial charge in [-0.2, -0.15) is 0 Å². The Morgan fingerprint density at radius 2 is 2.17 bits per heavy atom. The number of methoxy groups -OCH3 is 1. The van der Waals surface area contributed by atoms with Gasteiger partial charge in [-0.05, 0) is 30.5 Å². The molecule has 0 radical (unpaired) electrons. The van der Waals surface area contributed by atoms with Crippen molar-refractivity contribution in [2.24, 2.45) is 0 Å². The standard InChI is InChI=1S/C12H17NO4S/c1-17-11-6-5-9(8-14)7-12(11)18(15,16)13-10-3-2-4-10/h5-7,10,13-14H,2-4,8H2,1H3. The zero-order valence-electron chi connectivity index (χ0n) is 10.2. The van der Waals surface area contributed by atoms with Crippen molar-refractivity contribution in [3.8, 4) is 5.75 Å². The molecule has 0 spiro atoms. The number of rotatable bonds is 5. The molecule has 1 aromatic rings. The normalized spacial score (nSPS) is 16.3. The fourth-order valence-corrected chi connectivity index (χ4v) is 3.36. The summed E-state index contributed by atoms with van der Waals surface area (Å²) in [4.78, 5) is 0.0865. The molecular formula is C12H17NO4S. The lowest BCUT2D eigenvalue weighted by Crippen LogP contribution is -2.39. The number of sulfonamides is 1. The van der Waals surface area contributed by atoms with Crippen LogP contribution in [0.3, 0.4) is 0 Å². The number of hydrogen-bond acceptors (Lipinski definition) is 4. The summed E-state index contributed by atoms with van der Waals surface area (Å²) in [6.07, 6.45) is 2.81. The first kappa shape index (κ1) is 13.3. The van der Waals surface area contributed by atoms with Gasteiger partial charge in [-0.25, -0.2) is 13.1 Å². The molecule has 0 saturated heterocycles. The van der Waals surface area contributed by atoms with E-state index in [0.717, 1.165) is 19.3 Å². The lowest BCUT2D eigenvalue weighted by atomic mass is 9.94. The Labute approximate surface area is 107 Å². The van der Waals surface area contributed by atoms with E-state index in [0.29, 0.717) is 11.3 Å². The second-order valence-corrected chi connectivity index (χ2v) is 6.07. The summed E-state index contributed by atoms with van der Waals surface area (Å²) in [6.45, 7) is -0.198. The summed E-state index contributed by atoms with van der Waals surface area (Å²) < 4.78 is 32.1. The van der Waals surface area contributed by atoms with E-state index in [4.69, 9.17) is 9.84 Å². The molecular weight excluding hydrogens is 254 g/mol. The maximum absolute atomic E-state index is 12.2. The largest absolute Gasteiger partial charge is 0.495 e. The lowest BCUT2D eigenvalue weighted by molar-refractivity contribution is 0.281. The minimum absolute atomic E-state index is 0.0255. The average molecular weight is 271 g/mol. The molecule has 0 atom stereocenters. The van der Waals surface area contributed by atoms with Gasteiger partial charge < -0.3 is 9.84 Å². The molecule has 0 aromatic heterocycles. The molecule has 1 saturated carbocycles. The van der Waals surface area contributed by atoms with Crippen LogP contribution in [0.25, 0.3) is 0 Å². The summed E-state index contributed by atoms with van der Waals surface area (Å²) in [5, 5.41) is 9.07. The summed E-state index contributed by atoms with van der Waals surface area (Å²) in [7, 11) is -2.15. The molecule has 0 aliphatic heterocycles. The van der Waals surface area contributed by atoms with E-state index in [1.165, 1.54) is 13.2 Å². The van der Waals surface area contributed by atoms with Crippen molar-refractivity contribution in [2.45, 2.75) is 36.8 Å². The van der Waals surface area contributed by atoms with E-state index in [-0.39, 0.29) is 17.5 Å². The fourth-order valence-electron chi connectivity index (χ4n) is 1.84. The number of benzene rings is 1. The molecule has 0 amide bonds. The molecule has 1 fully saturated rings. The van der Waals surface area contributed by atoms with Crippen molar-refractivity contribution in [1.82, 2.24) is 4.72 Å². The van der Waals surface area contributed by atoms with Gasteiger partial charge in [-0.15, -0.1) is 0 Å². The highest BCUT2D eigenvalue weighted by Crippen LogP contribution is 2.27. The summed E-state index contributed by atoms with van der Waals surface area (Å²) in [6, 6.07) is 4.67. The monoisotopic (exact) mass is 271 g/mol. The van der Waals surface area contributed by atoms with Gasteiger partial charge in [0.1, 0.15) is 10.6 Å². The Morgan fingerprint density at radius 3 is 2.67 bits per heavy atom. The first-order valence-corrected chi connectivity index (χ1v) is 7.35. The topological polar surface area (TPSA) is 75.6 Å². The van der Waals surface area contributed by atoms with Crippen LogP contribution in [0, 0.1) is 0 Å². The molecule has 0 heterocycles. The first-order chi connectivity index (χ1) is 8.56. The molecule has 0 bridgehead atoms. The summed E-state index contributed by atoms with van der Waals surface area (Å²) in [5.41, 5.74) is 0.546. The van der Waals surface area contributed by atoms with Gasteiger partial charge in [0.15, 0.2) is 0 Å². The summed E-state index contributed by atoms with van der Waals surface area (Å²) >= 11 is 0. The van der Waals surface area contributed by atoms with E-state index in [1.807, 2.05) is 0 Å². The van der Waals surface area contributed by atoms with Crippen LogP contribution in [0.15, 0.2) is 23.1 Å². The molecule has 18 heavy (non-hydrogen) atoms. The van der Waals surface area contributed by atoms with Crippen molar-refractivity contribution in [2.75, 3.05) is 7.11 Å². The maximum Gasteiger partial charge on any atom is 0.244 e. The molecule has 0 unspecified atom stereocenters. The molecule has 100 valence electrons. The average Bonchev–Trinajstić information content (AvgIpc) is 2.33. The van der Waals surface area contributed by atoms with Crippen molar-refractivity contribution in [1.29, 1.82) is 0 Å². The Bertz CT molecular complexity index is 523. The second kappa shape index (κ2) is 5.26. The van der Waals surface area contributed by atoms with Crippen molar-refractivity contribution in [3.05, 3.63) is 23.8 Å². The van der Waals surface area contributed by atoms with Crippen LogP contribution in [0.5, 0.6) is 5.75 Å².